The van der Waals surface area contributed by atoms with Gasteiger partial charge in [0.25, 0.3) is 0 Å². The van der Waals surface area contributed by atoms with Crippen molar-refractivity contribution in [1.29, 1.82) is 0 Å². The van der Waals surface area contributed by atoms with Crippen molar-refractivity contribution in [2.75, 3.05) is 23.8 Å². The predicted molar refractivity (Wildman–Crippen MR) is 162 cm³/mol. The van der Waals surface area contributed by atoms with Crippen LogP contribution in [0.3, 0.4) is 0 Å². The molecule has 9 nitrogen and oxygen atoms in total. The Labute approximate surface area is 257 Å². The Balaban J connectivity index is 1.22. The lowest BCUT2D eigenvalue weighted by atomic mass is 9.85. The van der Waals surface area contributed by atoms with Gasteiger partial charge in [-0.25, -0.2) is 13.2 Å². The number of hydrogen-bond donors (Lipinski definition) is 5. The number of carbonyl (C=O) groups excluding carboxylic acids is 2. The molecule has 3 aromatic carbocycles. The van der Waals surface area contributed by atoms with Crippen LogP contribution in [0.4, 0.5) is 24.5 Å². The molecule has 4 aromatic rings. The highest BCUT2D eigenvalue weighted by Gasteiger charge is 2.30. The Morgan fingerprint density at radius 3 is 2.18 bits per heavy atom. The molecule has 1 aliphatic heterocycles. The molecule has 0 aliphatic carbocycles. The van der Waals surface area contributed by atoms with Crippen LogP contribution in [0.1, 0.15) is 29.0 Å². The Morgan fingerprint density at radius 1 is 0.933 bits per heavy atom. The number of para-hydroxylation sites is 2. The first-order chi connectivity index (χ1) is 21.7. The number of phenols is 1. The van der Waals surface area contributed by atoms with Crippen LogP contribution in [-0.4, -0.2) is 53.2 Å². The number of aromatic hydroxyl groups is 1. The molecule has 1 aromatic heterocycles. The van der Waals surface area contributed by atoms with Crippen molar-refractivity contribution in [3.63, 3.8) is 0 Å². The number of amides is 2. The molecule has 234 valence electrons. The van der Waals surface area contributed by atoms with Gasteiger partial charge >= 0.3 is 0 Å². The van der Waals surface area contributed by atoms with Crippen LogP contribution in [0, 0.1) is 17.5 Å². The van der Waals surface area contributed by atoms with E-state index in [0.717, 1.165) is 6.20 Å². The number of nitrogens with zero attached hydrogens (tertiary/aromatic N) is 1. The van der Waals surface area contributed by atoms with E-state index in [2.05, 4.69) is 20.9 Å². The molecule has 0 bridgehead atoms. The second kappa shape index (κ2) is 14.3. The van der Waals surface area contributed by atoms with E-state index in [1.807, 2.05) is 0 Å². The molecule has 5 rings (SSSR count). The molecule has 0 radical (unpaired) electrons. The monoisotopic (exact) mass is 619 g/mol. The van der Waals surface area contributed by atoms with Gasteiger partial charge < -0.3 is 31.5 Å². The minimum Gasteiger partial charge on any atom is -0.506 e. The number of phenolic OH excluding ortho intramolecular Hbond substituents is 1. The first kappa shape index (κ1) is 31.6. The van der Waals surface area contributed by atoms with Gasteiger partial charge in [0.05, 0.1) is 42.5 Å². The Morgan fingerprint density at radius 2 is 1.58 bits per heavy atom. The topological polar surface area (TPSA) is 139 Å². The van der Waals surface area contributed by atoms with E-state index in [0.29, 0.717) is 24.1 Å². The molecule has 6 N–H and O–H groups in total. The summed E-state index contributed by atoms with van der Waals surface area (Å²) >= 11 is 0. The van der Waals surface area contributed by atoms with E-state index >= 15 is 0 Å². The van der Waals surface area contributed by atoms with Crippen molar-refractivity contribution in [1.82, 2.24) is 10.3 Å². The molecule has 1 saturated heterocycles. The van der Waals surface area contributed by atoms with Crippen molar-refractivity contribution in [2.45, 2.75) is 36.9 Å². The van der Waals surface area contributed by atoms with E-state index in [1.54, 1.807) is 18.2 Å². The van der Waals surface area contributed by atoms with Crippen molar-refractivity contribution in [3.8, 4) is 5.75 Å². The fraction of sp³-hybridized carbons (Fsp3) is 0.242. The average molecular weight is 620 g/mol. The smallest absolute Gasteiger partial charge is 0.244 e. The molecular formula is C33H32F3N5O4. The lowest BCUT2D eigenvalue weighted by molar-refractivity contribution is -0.122. The fourth-order valence-corrected chi connectivity index (χ4v) is 5.22. The van der Waals surface area contributed by atoms with Crippen LogP contribution < -0.4 is 21.7 Å². The number of nitrogens with one attached hydrogen (secondary N) is 3. The Hall–Kier alpha value is -4.78. The van der Waals surface area contributed by atoms with Crippen molar-refractivity contribution >= 4 is 23.2 Å². The first-order valence-corrected chi connectivity index (χ1v) is 14.3. The van der Waals surface area contributed by atoms with Gasteiger partial charge in [0, 0.05) is 18.0 Å². The van der Waals surface area contributed by atoms with Gasteiger partial charge in [-0.3, -0.25) is 14.6 Å². The highest BCUT2D eigenvalue weighted by atomic mass is 19.1. The fourth-order valence-electron chi connectivity index (χ4n) is 5.22. The predicted octanol–water partition coefficient (Wildman–Crippen LogP) is 4.23. The number of benzene rings is 3. The molecule has 45 heavy (non-hydrogen) atoms. The van der Waals surface area contributed by atoms with E-state index in [1.165, 1.54) is 60.8 Å². The summed E-state index contributed by atoms with van der Waals surface area (Å²) in [6.45, 7) is 0.380. The number of nitrogens with two attached hydrogens (primary N) is 1. The lowest BCUT2D eigenvalue weighted by Crippen LogP contribution is -2.52. The highest BCUT2D eigenvalue weighted by molar-refractivity contribution is 5.97. The zero-order valence-electron chi connectivity index (χ0n) is 24.1. The minimum atomic E-state index is -1.20. The number of halogens is 3. The molecule has 1 fully saturated rings. The summed E-state index contributed by atoms with van der Waals surface area (Å²) in [5, 5.41) is 18.4. The van der Waals surface area contributed by atoms with Gasteiger partial charge in [-0.15, -0.1) is 0 Å². The van der Waals surface area contributed by atoms with E-state index in [4.69, 9.17) is 10.5 Å². The standard InChI is InChI=1S/C33H32F3N5O4/c34-21-9-5-19(6-10-21)30(20-7-11-22(35)12-8-20)31(37)33(44)41-27-17-38-16-25(36)24(27)14-13-23-15-39-28(18-45-23)32(43)40-26-3-1-2-4-29(26)42/h1-12,16-17,23,28,30-31,39,42H,13-15,18,37H2,(H,40,43)(H,41,44)/t23-,28+,31+/m1/s1. The molecule has 2 amide bonds. The molecule has 2 heterocycles. The summed E-state index contributed by atoms with van der Waals surface area (Å²) in [7, 11) is 0. The molecule has 3 atom stereocenters. The molecule has 0 saturated carbocycles. The van der Waals surface area contributed by atoms with Crippen LogP contribution >= 0.6 is 0 Å². The maximum Gasteiger partial charge on any atom is 0.244 e. The number of carbonyl (C=O) groups is 2. The third-order valence-corrected chi connectivity index (χ3v) is 7.67. The van der Waals surface area contributed by atoms with Crippen LogP contribution in [0.15, 0.2) is 85.2 Å². The number of pyridine rings is 1. The van der Waals surface area contributed by atoms with Crippen molar-refractivity contribution in [2.24, 2.45) is 5.73 Å². The number of aromatic nitrogens is 1. The summed E-state index contributed by atoms with van der Waals surface area (Å²) in [5.41, 5.74) is 8.14. The zero-order valence-corrected chi connectivity index (χ0v) is 24.1. The Kier molecular flexibility index (Phi) is 10.1. The van der Waals surface area contributed by atoms with Gasteiger partial charge in [-0.2, -0.15) is 0 Å². The van der Waals surface area contributed by atoms with Gasteiger partial charge in [0.1, 0.15) is 29.2 Å². The Bertz CT molecular complexity index is 1590. The normalized spacial score (nSPS) is 17.1. The number of anilines is 2. The van der Waals surface area contributed by atoms with Gasteiger partial charge in [0.2, 0.25) is 11.8 Å². The van der Waals surface area contributed by atoms with Crippen LogP contribution in [0.25, 0.3) is 0 Å². The molecular weight excluding hydrogens is 587 g/mol. The summed E-state index contributed by atoms with van der Waals surface area (Å²) in [4.78, 5) is 29.9. The summed E-state index contributed by atoms with van der Waals surface area (Å²) in [6, 6.07) is 15.5. The second-order valence-electron chi connectivity index (χ2n) is 10.7. The van der Waals surface area contributed by atoms with Gasteiger partial charge in [0.15, 0.2) is 0 Å². The molecule has 0 unspecified atom stereocenters. The van der Waals surface area contributed by atoms with E-state index < -0.39 is 41.4 Å². The molecule has 1 aliphatic rings. The van der Waals surface area contributed by atoms with E-state index in [-0.39, 0.29) is 47.7 Å². The largest absolute Gasteiger partial charge is 0.506 e. The second-order valence-corrected chi connectivity index (χ2v) is 10.7. The molecule has 0 spiro atoms. The summed E-state index contributed by atoms with van der Waals surface area (Å²) in [6.07, 6.45) is 2.57. The SMILES string of the molecule is N[C@H](C(=O)Nc1cncc(F)c1CC[C@@H]1CN[C@H](C(=O)Nc2ccccc2O)CO1)C(c1ccc(F)cc1)c1ccc(F)cc1. The third kappa shape index (κ3) is 7.85. The summed E-state index contributed by atoms with van der Waals surface area (Å²) in [5.74, 6) is -3.37. The number of hydrogen-bond acceptors (Lipinski definition) is 7. The quantitative estimate of drug-likeness (QED) is 0.168. The molecule has 12 heteroatoms. The van der Waals surface area contributed by atoms with Crippen LogP contribution in [0.5, 0.6) is 5.75 Å². The summed E-state index contributed by atoms with van der Waals surface area (Å²) < 4.78 is 48.1. The van der Waals surface area contributed by atoms with Crippen molar-refractivity contribution in [3.05, 3.63) is 119 Å². The van der Waals surface area contributed by atoms with E-state index in [9.17, 15) is 27.9 Å². The number of morpholine rings is 1. The first-order valence-electron chi connectivity index (χ1n) is 14.3. The van der Waals surface area contributed by atoms with Crippen LogP contribution in [-0.2, 0) is 20.7 Å². The highest BCUT2D eigenvalue weighted by Crippen LogP contribution is 2.30. The zero-order chi connectivity index (χ0) is 31.9. The van der Waals surface area contributed by atoms with Gasteiger partial charge in [-0.1, -0.05) is 36.4 Å². The minimum absolute atomic E-state index is 0.0508. The lowest BCUT2D eigenvalue weighted by Gasteiger charge is -2.30. The average Bonchev–Trinajstić information content (AvgIpc) is 3.04. The third-order valence-electron chi connectivity index (χ3n) is 7.67. The van der Waals surface area contributed by atoms with Crippen molar-refractivity contribution < 1.29 is 32.6 Å². The van der Waals surface area contributed by atoms with Gasteiger partial charge in [-0.05, 0) is 60.4 Å². The number of rotatable bonds is 10. The maximum absolute atomic E-state index is 15.0. The number of ether oxygens (including phenoxy) is 1. The maximum atomic E-state index is 15.0. The van der Waals surface area contributed by atoms with Crippen LogP contribution in [0.2, 0.25) is 0 Å².